The van der Waals surface area contributed by atoms with E-state index in [0.717, 1.165) is 30.7 Å². The van der Waals surface area contributed by atoms with Crippen LogP contribution in [-0.2, 0) is 0 Å². The first kappa shape index (κ1) is 14.0. The number of hydrogen-bond acceptors (Lipinski definition) is 3. The quantitative estimate of drug-likeness (QED) is 0.863. The number of methoxy groups -OCH3 is 1. The molecule has 5 heteroatoms. The van der Waals surface area contributed by atoms with Gasteiger partial charge in [0.05, 0.1) is 25.0 Å². The van der Waals surface area contributed by atoms with Crippen LogP contribution in [0.2, 0.25) is 5.22 Å². The normalized spacial score (nSPS) is 18.0. The lowest BCUT2D eigenvalue weighted by Crippen LogP contribution is -2.30. The van der Waals surface area contributed by atoms with Crippen molar-refractivity contribution in [3.8, 4) is 5.75 Å². The molecule has 0 spiro atoms. The minimum atomic E-state index is -0.0768. The average molecular weight is 306 g/mol. The fraction of sp³-hybridized carbons (Fsp3) is 0.312. The second kappa shape index (κ2) is 5.82. The molecule has 1 aromatic carbocycles. The summed E-state index contributed by atoms with van der Waals surface area (Å²) in [6.45, 7) is 0.733. The standard InChI is InChI=1S/C16H16ClNO3/c1-20-12-6-4-11(5-7-12)14-3-2-9-18(14)16(19)13-8-10-21-15(13)17/h4-8,10,14H,2-3,9H2,1H3. The lowest BCUT2D eigenvalue weighted by atomic mass is 10.0. The molecule has 4 nitrogen and oxygen atoms in total. The molecular weight excluding hydrogens is 290 g/mol. The van der Waals surface area contributed by atoms with E-state index in [1.165, 1.54) is 6.26 Å². The van der Waals surface area contributed by atoms with Crippen LogP contribution >= 0.6 is 11.6 Å². The van der Waals surface area contributed by atoms with Crippen molar-refractivity contribution in [2.75, 3.05) is 13.7 Å². The molecule has 3 rings (SSSR count). The van der Waals surface area contributed by atoms with Crippen LogP contribution in [0.1, 0.15) is 34.8 Å². The van der Waals surface area contributed by atoms with Crippen molar-refractivity contribution in [1.82, 2.24) is 4.90 Å². The molecule has 0 aliphatic carbocycles. The van der Waals surface area contributed by atoms with E-state index >= 15 is 0 Å². The fourth-order valence-corrected chi connectivity index (χ4v) is 2.98. The Morgan fingerprint density at radius 2 is 2.10 bits per heavy atom. The third kappa shape index (κ3) is 2.63. The molecule has 1 amide bonds. The monoisotopic (exact) mass is 305 g/mol. The van der Waals surface area contributed by atoms with Gasteiger partial charge in [0, 0.05) is 6.54 Å². The molecule has 0 radical (unpaired) electrons. The Labute approximate surface area is 128 Å². The van der Waals surface area contributed by atoms with E-state index in [1.54, 1.807) is 13.2 Å². The van der Waals surface area contributed by atoms with E-state index in [2.05, 4.69) is 0 Å². The van der Waals surface area contributed by atoms with Crippen molar-refractivity contribution in [3.63, 3.8) is 0 Å². The zero-order valence-corrected chi connectivity index (χ0v) is 12.5. The van der Waals surface area contributed by atoms with Crippen molar-refractivity contribution in [3.05, 3.63) is 52.9 Å². The lowest BCUT2D eigenvalue weighted by molar-refractivity contribution is 0.0735. The van der Waals surface area contributed by atoms with Crippen molar-refractivity contribution in [2.45, 2.75) is 18.9 Å². The Balaban J connectivity index is 1.85. The highest BCUT2D eigenvalue weighted by atomic mass is 35.5. The first-order chi connectivity index (χ1) is 10.2. The number of amides is 1. The number of hydrogen-bond donors (Lipinski definition) is 0. The highest BCUT2D eigenvalue weighted by Gasteiger charge is 2.32. The summed E-state index contributed by atoms with van der Waals surface area (Å²) in [7, 11) is 1.64. The summed E-state index contributed by atoms with van der Waals surface area (Å²) in [6.07, 6.45) is 3.37. The highest BCUT2D eigenvalue weighted by molar-refractivity contribution is 6.32. The van der Waals surface area contributed by atoms with Crippen molar-refractivity contribution in [1.29, 1.82) is 0 Å². The van der Waals surface area contributed by atoms with E-state index in [9.17, 15) is 4.79 Å². The zero-order chi connectivity index (χ0) is 14.8. The van der Waals surface area contributed by atoms with Gasteiger partial charge in [0.15, 0.2) is 0 Å². The van der Waals surface area contributed by atoms with Gasteiger partial charge in [0.1, 0.15) is 5.75 Å². The second-order valence-corrected chi connectivity index (χ2v) is 5.38. The van der Waals surface area contributed by atoms with Crippen LogP contribution in [0.5, 0.6) is 5.75 Å². The third-order valence-corrected chi connectivity index (χ3v) is 4.16. The molecule has 1 saturated heterocycles. The third-order valence-electron chi connectivity index (χ3n) is 3.86. The molecule has 1 aliphatic heterocycles. The number of halogens is 1. The summed E-state index contributed by atoms with van der Waals surface area (Å²) in [6, 6.07) is 9.54. The topological polar surface area (TPSA) is 42.7 Å². The SMILES string of the molecule is COc1ccc(C2CCCN2C(=O)c2ccoc2Cl)cc1. The summed E-state index contributed by atoms with van der Waals surface area (Å²) in [5.41, 5.74) is 1.54. The van der Waals surface area contributed by atoms with Crippen molar-refractivity contribution in [2.24, 2.45) is 0 Å². The molecule has 21 heavy (non-hydrogen) atoms. The number of likely N-dealkylation sites (tertiary alicyclic amines) is 1. The number of benzene rings is 1. The molecule has 0 bridgehead atoms. The van der Waals surface area contributed by atoms with E-state index in [-0.39, 0.29) is 17.2 Å². The molecule has 1 aromatic heterocycles. The van der Waals surface area contributed by atoms with Gasteiger partial charge in [-0.2, -0.15) is 0 Å². The molecule has 1 unspecified atom stereocenters. The maximum atomic E-state index is 12.6. The lowest BCUT2D eigenvalue weighted by Gasteiger charge is -2.25. The van der Waals surface area contributed by atoms with Crippen LogP contribution in [0, 0.1) is 0 Å². The maximum absolute atomic E-state index is 12.6. The van der Waals surface area contributed by atoms with Crippen LogP contribution < -0.4 is 4.74 Å². The van der Waals surface area contributed by atoms with Gasteiger partial charge in [0.2, 0.25) is 5.22 Å². The van der Waals surface area contributed by atoms with Crippen molar-refractivity contribution >= 4 is 17.5 Å². The maximum Gasteiger partial charge on any atom is 0.259 e. The largest absolute Gasteiger partial charge is 0.497 e. The smallest absolute Gasteiger partial charge is 0.259 e. The molecule has 2 aromatic rings. The van der Waals surface area contributed by atoms with Gasteiger partial charge in [-0.15, -0.1) is 0 Å². The minimum Gasteiger partial charge on any atom is -0.497 e. The number of ether oxygens (including phenoxy) is 1. The summed E-state index contributed by atoms with van der Waals surface area (Å²) >= 11 is 5.92. The number of nitrogens with zero attached hydrogens (tertiary/aromatic N) is 1. The predicted octanol–water partition coefficient (Wildman–Crippen LogP) is 3.92. The number of furan rings is 1. The van der Waals surface area contributed by atoms with Gasteiger partial charge in [-0.05, 0) is 48.2 Å². The van der Waals surface area contributed by atoms with Crippen LogP contribution in [0.15, 0.2) is 41.0 Å². The van der Waals surface area contributed by atoms with Crippen LogP contribution in [0.4, 0.5) is 0 Å². The van der Waals surface area contributed by atoms with Gasteiger partial charge < -0.3 is 14.1 Å². The van der Waals surface area contributed by atoms with E-state index in [1.807, 2.05) is 29.2 Å². The van der Waals surface area contributed by atoms with Crippen LogP contribution in [0.25, 0.3) is 0 Å². The van der Waals surface area contributed by atoms with Gasteiger partial charge in [0.25, 0.3) is 5.91 Å². The van der Waals surface area contributed by atoms with Gasteiger partial charge in [-0.25, -0.2) is 0 Å². The van der Waals surface area contributed by atoms with Crippen LogP contribution in [-0.4, -0.2) is 24.5 Å². The molecule has 0 saturated carbocycles. The molecule has 110 valence electrons. The zero-order valence-electron chi connectivity index (χ0n) is 11.7. The van der Waals surface area contributed by atoms with Crippen molar-refractivity contribution < 1.29 is 13.9 Å². The minimum absolute atomic E-state index is 0.0768. The summed E-state index contributed by atoms with van der Waals surface area (Å²) in [5.74, 6) is 0.736. The predicted molar refractivity (Wildman–Crippen MR) is 79.7 cm³/mol. The van der Waals surface area contributed by atoms with E-state index in [4.69, 9.17) is 20.8 Å². The molecule has 0 N–H and O–H groups in total. The molecule has 1 atom stereocenters. The highest BCUT2D eigenvalue weighted by Crippen LogP contribution is 2.34. The number of carbonyl (C=O) groups excluding carboxylic acids is 1. The molecule has 1 aliphatic rings. The Morgan fingerprint density at radius 1 is 1.33 bits per heavy atom. The number of rotatable bonds is 3. The summed E-state index contributed by atoms with van der Waals surface area (Å²) < 4.78 is 10.2. The summed E-state index contributed by atoms with van der Waals surface area (Å²) in [5, 5.41) is 0.153. The Bertz CT molecular complexity index is 635. The Kier molecular flexibility index (Phi) is 3.88. The average Bonchev–Trinajstić information content (AvgIpc) is 3.15. The second-order valence-electron chi connectivity index (χ2n) is 5.04. The molecular formula is C16H16ClNO3. The van der Waals surface area contributed by atoms with Gasteiger partial charge in [-0.3, -0.25) is 4.79 Å². The first-order valence-electron chi connectivity index (χ1n) is 6.88. The van der Waals surface area contributed by atoms with Gasteiger partial charge in [-0.1, -0.05) is 12.1 Å². The van der Waals surface area contributed by atoms with E-state index in [0.29, 0.717) is 5.56 Å². The first-order valence-corrected chi connectivity index (χ1v) is 7.26. The Morgan fingerprint density at radius 3 is 2.71 bits per heavy atom. The van der Waals surface area contributed by atoms with E-state index < -0.39 is 0 Å². The summed E-state index contributed by atoms with van der Waals surface area (Å²) in [4.78, 5) is 14.5. The van der Waals surface area contributed by atoms with Crippen LogP contribution in [0.3, 0.4) is 0 Å². The van der Waals surface area contributed by atoms with Gasteiger partial charge >= 0.3 is 0 Å². The number of carbonyl (C=O) groups is 1. The molecule has 2 heterocycles. The fourth-order valence-electron chi connectivity index (χ4n) is 2.78. The molecule has 1 fully saturated rings. The Hall–Kier alpha value is -1.94.